The normalized spacial score (nSPS) is 18.4. The summed E-state index contributed by atoms with van der Waals surface area (Å²) in [6.45, 7) is 0. The fourth-order valence-corrected chi connectivity index (χ4v) is 2.85. The lowest BCUT2D eigenvalue weighted by molar-refractivity contribution is 0.283. The summed E-state index contributed by atoms with van der Waals surface area (Å²) in [5.74, 6) is 0.656. The lowest BCUT2D eigenvalue weighted by Gasteiger charge is -2.32. The van der Waals surface area contributed by atoms with Gasteiger partial charge in [0.1, 0.15) is 0 Å². The fourth-order valence-electron chi connectivity index (χ4n) is 2.85. The number of aromatic amines is 1. The lowest BCUT2D eigenvalue weighted by Crippen LogP contribution is -2.42. The van der Waals surface area contributed by atoms with Gasteiger partial charge in [-0.2, -0.15) is 5.10 Å². The first-order chi connectivity index (χ1) is 9.21. The highest BCUT2D eigenvalue weighted by Gasteiger charge is 2.35. The number of benzene rings is 1. The molecule has 1 aliphatic carbocycles. The molecule has 0 radical (unpaired) electrons. The van der Waals surface area contributed by atoms with Gasteiger partial charge in [-0.1, -0.05) is 37.5 Å². The van der Waals surface area contributed by atoms with Crippen LogP contribution in [0.5, 0.6) is 0 Å². The summed E-state index contributed by atoms with van der Waals surface area (Å²) in [5.41, 5.74) is 6.58. The van der Waals surface area contributed by atoms with E-state index in [1.807, 2.05) is 30.3 Å². The second-order valence-corrected chi connectivity index (χ2v) is 5.24. The molecule has 5 heteroatoms. The van der Waals surface area contributed by atoms with Gasteiger partial charge in [0.25, 0.3) is 0 Å². The van der Waals surface area contributed by atoms with Crippen LogP contribution in [0.25, 0.3) is 5.69 Å². The molecule has 0 aliphatic heterocycles. The highest BCUT2D eigenvalue weighted by Crippen LogP contribution is 2.33. The topological polar surface area (TPSA) is 76.7 Å². The highest BCUT2D eigenvalue weighted by atomic mass is 16.1. The second-order valence-electron chi connectivity index (χ2n) is 5.24. The van der Waals surface area contributed by atoms with Crippen LogP contribution in [0.3, 0.4) is 0 Å². The van der Waals surface area contributed by atoms with Crippen LogP contribution in [-0.2, 0) is 5.54 Å². The third-order valence-electron chi connectivity index (χ3n) is 3.88. The molecule has 1 aliphatic rings. The fraction of sp³-hybridized carbons (Fsp3) is 0.429. The predicted molar refractivity (Wildman–Crippen MR) is 73.1 cm³/mol. The molecule has 0 bridgehead atoms. The Morgan fingerprint density at radius 3 is 2.53 bits per heavy atom. The summed E-state index contributed by atoms with van der Waals surface area (Å²) in [4.78, 5) is 12.0. The van der Waals surface area contributed by atoms with Crippen molar-refractivity contribution in [2.24, 2.45) is 5.73 Å². The molecule has 0 unspecified atom stereocenters. The Morgan fingerprint density at radius 1 is 1.16 bits per heavy atom. The molecule has 1 heterocycles. The van der Waals surface area contributed by atoms with Gasteiger partial charge in [-0.15, -0.1) is 0 Å². The van der Waals surface area contributed by atoms with Crippen molar-refractivity contribution in [1.29, 1.82) is 0 Å². The Hall–Kier alpha value is -1.88. The molecule has 1 saturated carbocycles. The number of aromatic nitrogens is 3. The third kappa shape index (κ3) is 2.10. The monoisotopic (exact) mass is 258 g/mol. The zero-order chi connectivity index (χ0) is 13.3. The van der Waals surface area contributed by atoms with E-state index < -0.39 is 5.54 Å². The molecule has 3 rings (SSSR count). The zero-order valence-corrected chi connectivity index (χ0v) is 10.8. The zero-order valence-electron chi connectivity index (χ0n) is 10.8. The molecule has 19 heavy (non-hydrogen) atoms. The first-order valence-corrected chi connectivity index (χ1v) is 6.73. The number of hydrogen-bond acceptors (Lipinski definition) is 3. The minimum Gasteiger partial charge on any atom is -0.319 e. The van der Waals surface area contributed by atoms with Crippen molar-refractivity contribution in [3.05, 3.63) is 46.6 Å². The predicted octanol–water partition coefficient (Wildman–Crippen LogP) is 1.68. The van der Waals surface area contributed by atoms with Crippen LogP contribution in [0, 0.1) is 0 Å². The van der Waals surface area contributed by atoms with Crippen molar-refractivity contribution in [3.8, 4) is 5.69 Å². The number of nitrogens with zero attached hydrogens (tertiary/aromatic N) is 2. The average Bonchev–Trinajstić information content (AvgIpc) is 2.83. The molecule has 1 aromatic carbocycles. The Kier molecular flexibility index (Phi) is 2.98. The quantitative estimate of drug-likeness (QED) is 0.860. The maximum Gasteiger partial charge on any atom is 0.347 e. The SMILES string of the molecule is NC1(c2n[nH]c(=O)n2-c2ccccc2)CCCCC1. The van der Waals surface area contributed by atoms with Crippen molar-refractivity contribution in [2.45, 2.75) is 37.6 Å². The summed E-state index contributed by atoms with van der Waals surface area (Å²) < 4.78 is 1.60. The van der Waals surface area contributed by atoms with E-state index in [9.17, 15) is 4.79 Å². The smallest absolute Gasteiger partial charge is 0.319 e. The summed E-state index contributed by atoms with van der Waals surface area (Å²) in [7, 11) is 0. The van der Waals surface area contributed by atoms with E-state index in [4.69, 9.17) is 5.73 Å². The lowest BCUT2D eigenvalue weighted by atomic mass is 9.82. The molecule has 3 N–H and O–H groups in total. The highest BCUT2D eigenvalue weighted by molar-refractivity contribution is 5.33. The van der Waals surface area contributed by atoms with E-state index in [1.54, 1.807) is 4.57 Å². The van der Waals surface area contributed by atoms with Crippen LogP contribution in [-0.4, -0.2) is 14.8 Å². The molecule has 0 amide bonds. The van der Waals surface area contributed by atoms with E-state index >= 15 is 0 Å². The Morgan fingerprint density at radius 2 is 1.84 bits per heavy atom. The Balaban J connectivity index is 2.11. The van der Waals surface area contributed by atoms with Crippen molar-refractivity contribution < 1.29 is 0 Å². The van der Waals surface area contributed by atoms with E-state index in [2.05, 4.69) is 10.2 Å². The molecular formula is C14H18N4O. The van der Waals surface area contributed by atoms with E-state index in [0.29, 0.717) is 5.82 Å². The number of para-hydroxylation sites is 1. The van der Waals surface area contributed by atoms with Crippen molar-refractivity contribution in [2.75, 3.05) is 0 Å². The molecular weight excluding hydrogens is 240 g/mol. The molecule has 0 spiro atoms. The molecule has 2 aromatic rings. The van der Waals surface area contributed by atoms with Crippen LogP contribution >= 0.6 is 0 Å². The van der Waals surface area contributed by atoms with Gasteiger partial charge in [-0.05, 0) is 25.0 Å². The molecule has 0 saturated heterocycles. The van der Waals surface area contributed by atoms with E-state index in [-0.39, 0.29) is 5.69 Å². The van der Waals surface area contributed by atoms with Crippen molar-refractivity contribution in [3.63, 3.8) is 0 Å². The molecule has 100 valence electrons. The Bertz CT molecular complexity index is 608. The van der Waals surface area contributed by atoms with Gasteiger partial charge < -0.3 is 5.73 Å². The van der Waals surface area contributed by atoms with E-state index in [1.165, 1.54) is 6.42 Å². The minimum absolute atomic E-state index is 0.225. The van der Waals surface area contributed by atoms with Crippen LogP contribution < -0.4 is 11.4 Å². The van der Waals surface area contributed by atoms with E-state index in [0.717, 1.165) is 31.4 Å². The summed E-state index contributed by atoms with van der Waals surface area (Å²) in [6, 6.07) is 9.53. The Labute approximate surface area is 111 Å². The number of H-pyrrole nitrogens is 1. The van der Waals surface area contributed by atoms with Crippen molar-refractivity contribution in [1.82, 2.24) is 14.8 Å². The number of hydrogen-bond donors (Lipinski definition) is 2. The molecule has 0 atom stereocenters. The van der Waals surface area contributed by atoms with Gasteiger partial charge in [0.15, 0.2) is 5.82 Å². The molecule has 1 fully saturated rings. The third-order valence-corrected chi connectivity index (χ3v) is 3.88. The maximum absolute atomic E-state index is 12.0. The van der Waals surface area contributed by atoms with Gasteiger partial charge in [0, 0.05) is 0 Å². The molecule has 5 nitrogen and oxygen atoms in total. The standard InChI is InChI=1S/C14H18N4O/c15-14(9-5-2-6-10-14)12-16-17-13(19)18(12)11-7-3-1-4-8-11/h1,3-4,7-8H,2,5-6,9-10,15H2,(H,17,19). The maximum atomic E-state index is 12.0. The molecule has 1 aromatic heterocycles. The minimum atomic E-state index is -0.493. The van der Waals surface area contributed by atoms with Gasteiger partial charge in [0.2, 0.25) is 0 Å². The van der Waals surface area contributed by atoms with Gasteiger partial charge in [-0.3, -0.25) is 0 Å². The van der Waals surface area contributed by atoms with Gasteiger partial charge in [-0.25, -0.2) is 14.5 Å². The largest absolute Gasteiger partial charge is 0.347 e. The van der Waals surface area contributed by atoms with Gasteiger partial charge >= 0.3 is 5.69 Å². The first-order valence-electron chi connectivity index (χ1n) is 6.73. The van der Waals surface area contributed by atoms with Gasteiger partial charge in [0.05, 0.1) is 11.2 Å². The first kappa shape index (κ1) is 12.2. The summed E-state index contributed by atoms with van der Waals surface area (Å²) >= 11 is 0. The van der Waals surface area contributed by atoms with Crippen LogP contribution in [0.4, 0.5) is 0 Å². The number of rotatable bonds is 2. The number of nitrogens with two attached hydrogens (primary N) is 1. The average molecular weight is 258 g/mol. The summed E-state index contributed by atoms with van der Waals surface area (Å²) in [5, 5.41) is 6.72. The van der Waals surface area contributed by atoms with Crippen LogP contribution in [0.15, 0.2) is 35.1 Å². The summed E-state index contributed by atoms with van der Waals surface area (Å²) in [6.07, 6.45) is 5.14. The van der Waals surface area contributed by atoms with Crippen LogP contribution in [0.2, 0.25) is 0 Å². The van der Waals surface area contributed by atoms with Crippen LogP contribution in [0.1, 0.15) is 37.9 Å². The second kappa shape index (κ2) is 4.66. The number of nitrogens with one attached hydrogen (secondary N) is 1. The van der Waals surface area contributed by atoms with Crippen molar-refractivity contribution >= 4 is 0 Å².